The van der Waals surface area contributed by atoms with Crippen LogP contribution in [0.4, 0.5) is 20.2 Å². The number of halogens is 2. The molecule has 1 aromatic carbocycles. The molecule has 20 heavy (non-hydrogen) atoms. The van der Waals surface area contributed by atoms with Crippen molar-refractivity contribution in [2.45, 2.75) is 31.8 Å². The van der Waals surface area contributed by atoms with Gasteiger partial charge < -0.3 is 10.1 Å². The van der Waals surface area contributed by atoms with Crippen molar-refractivity contribution < 1.29 is 18.4 Å². The van der Waals surface area contributed by atoms with Crippen molar-refractivity contribution in [1.29, 1.82) is 0 Å². The molecule has 0 radical (unpaired) electrons. The lowest BCUT2D eigenvalue weighted by Crippen LogP contribution is -2.27. The Morgan fingerprint density at radius 2 is 2.25 bits per heavy atom. The predicted molar refractivity (Wildman–Crippen MR) is 70.1 cm³/mol. The van der Waals surface area contributed by atoms with Gasteiger partial charge in [-0.05, 0) is 25.3 Å². The SMILES string of the molecule is O=[N+]([O-])c1ccc(NCC2CCCCO2)c(C(F)F)c1. The highest BCUT2D eigenvalue weighted by atomic mass is 19.3. The third-order valence-corrected chi connectivity index (χ3v) is 3.28. The van der Waals surface area contributed by atoms with Gasteiger partial charge in [0.1, 0.15) is 0 Å². The van der Waals surface area contributed by atoms with Crippen molar-refractivity contribution in [3.05, 3.63) is 33.9 Å². The van der Waals surface area contributed by atoms with Crippen LogP contribution in [0, 0.1) is 10.1 Å². The molecule has 0 saturated carbocycles. The largest absolute Gasteiger partial charge is 0.382 e. The van der Waals surface area contributed by atoms with Crippen LogP contribution in [0.3, 0.4) is 0 Å². The Labute approximate surface area is 115 Å². The molecule has 5 nitrogen and oxygen atoms in total. The lowest BCUT2D eigenvalue weighted by atomic mass is 10.1. The quantitative estimate of drug-likeness (QED) is 0.664. The van der Waals surface area contributed by atoms with E-state index in [1.54, 1.807) is 0 Å². The third-order valence-electron chi connectivity index (χ3n) is 3.28. The number of nitrogens with one attached hydrogen (secondary N) is 1. The van der Waals surface area contributed by atoms with Crippen molar-refractivity contribution in [3.8, 4) is 0 Å². The smallest absolute Gasteiger partial charge is 0.270 e. The maximum absolute atomic E-state index is 12.9. The minimum absolute atomic E-state index is 0.00413. The minimum atomic E-state index is -2.76. The summed E-state index contributed by atoms with van der Waals surface area (Å²) in [5.41, 5.74) is -0.463. The lowest BCUT2D eigenvalue weighted by molar-refractivity contribution is -0.385. The van der Waals surface area contributed by atoms with E-state index in [9.17, 15) is 18.9 Å². The molecule has 2 rings (SSSR count). The van der Waals surface area contributed by atoms with Gasteiger partial charge in [-0.25, -0.2) is 8.78 Å². The molecule has 110 valence electrons. The number of nitro benzene ring substituents is 1. The van der Waals surface area contributed by atoms with E-state index in [4.69, 9.17) is 4.74 Å². The number of hydrogen-bond donors (Lipinski definition) is 1. The number of nitrogens with zero attached hydrogens (tertiary/aromatic N) is 1. The maximum Gasteiger partial charge on any atom is 0.270 e. The van der Waals surface area contributed by atoms with Gasteiger partial charge in [0, 0.05) is 36.5 Å². The van der Waals surface area contributed by atoms with Crippen molar-refractivity contribution in [3.63, 3.8) is 0 Å². The second-order valence-electron chi connectivity index (χ2n) is 4.70. The second kappa shape index (κ2) is 6.60. The van der Waals surface area contributed by atoms with Crippen molar-refractivity contribution >= 4 is 11.4 Å². The Morgan fingerprint density at radius 1 is 1.45 bits per heavy atom. The van der Waals surface area contributed by atoms with Crippen LogP contribution in [0.1, 0.15) is 31.3 Å². The fraction of sp³-hybridized carbons (Fsp3) is 0.538. The molecule has 1 aliphatic rings. The summed E-state index contributed by atoms with van der Waals surface area (Å²) in [5, 5.41) is 13.5. The molecule has 1 N–H and O–H groups in total. The molecule has 0 spiro atoms. The van der Waals surface area contributed by atoms with Crippen LogP contribution in [0.15, 0.2) is 18.2 Å². The van der Waals surface area contributed by atoms with Gasteiger partial charge in [-0.2, -0.15) is 0 Å². The molecule has 1 aliphatic heterocycles. The number of nitro groups is 1. The highest BCUT2D eigenvalue weighted by Crippen LogP contribution is 2.30. The van der Waals surface area contributed by atoms with Crippen LogP contribution < -0.4 is 5.32 Å². The number of rotatable bonds is 5. The van der Waals surface area contributed by atoms with Crippen LogP contribution in [-0.2, 0) is 4.74 Å². The zero-order valence-electron chi connectivity index (χ0n) is 10.9. The highest BCUT2D eigenvalue weighted by Gasteiger charge is 2.19. The molecule has 1 heterocycles. The Balaban J connectivity index is 2.07. The van der Waals surface area contributed by atoms with E-state index in [0.29, 0.717) is 13.2 Å². The van der Waals surface area contributed by atoms with Gasteiger partial charge in [0.15, 0.2) is 0 Å². The third kappa shape index (κ3) is 3.63. The number of anilines is 1. The summed E-state index contributed by atoms with van der Waals surface area (Å²) >= 11 is 0. The summed E-state index contributed by atoms with van der Waals surface area (Å²) in [5.74, 6) is 0. The summed E-state index contributed by atoms with van der Waals surface area (Å²) in [4.78, 5) is 9.93. The molecule has 1 unspecified atom stereocenters. The van der Waals surface area contributed by atoms with Gasteiger partial charge >= 0.3 is 0 Å². The summed E-state index contributed by atoms with van der Waals surface area (Å²) in [6.07, 6.45) is 0.225. The predicted octanol–water partition coefficient (Wildman–Crippen LogP) is 3.51. The first kappa shape index (κ1) is 14.6. The molecule has 1 aromatic rings. The van der Waals surface area contributed by atoms with Gasteiger partial charge in [-0.3, -0.25) is 10.1 Å². The van der Waals surface area contributed by atoms with Crippen LogP contribution in [0.5, 0.6) is 0 Å². The molecule has 0 amide bonds. The monoisotopic (exact) mass is 286 g/mol. The number of ether oxygens (including phenoxy) is 1. The Morgan fingerprint density at radius 3 is 2.85 bits per heavy atom. The first-order chi connectivity index (χ1) is 9.58. The van der Waals surface area contributed by atoms with Crippen molar-refractivity contribution in [2.75, 3.05) is 18.5 Å². The van der Waals surface area contributed by atoms with Crippen LogP contribution in [0.2, 0.25) is 0 Å². The molecule has 0 bridgehead atoms. The second-order valence-corrected chi connectivity index (χ2v) is 4.70. The first-order valence-electron chi connectivity index (χ1n) is 6.50. The van der Waals surface area contributed by atoms with Gasteiger partial charge in [0.2, 0.25) is 0 Å². The maximum atomic E-state index is 12.9. The fourth-order valence-corrected chi connectivity index (χ4v) is 2.20. The summed E-state index contributed by atoms with van der Waals surface area (Å²) in [7, 11) is 0. The van der Waals surface area contributed by atoms with Gasteiger partial charge in [0.25, 0.3) is 12.1 Å². The molecule has 7 heteroatoms. The van der Waals surface area contributed by atoms with E-state index in [2.05, 4.69) is 5.32 Å². The fourth-order valence-electron chi connectivity index (χ4n) is 2.20. The van der Waals surface area contributed by atoms with E-state index in [-0.39, 0.29) is 23.0 Å². The molecule has 1 fully saturated rings. The summed E-state index contributed by atoms with van der Waals surface area (Å²) in [6, 6.07) is 3.45. The number of non-ortho nitro benzene ring substituents is 1. The molecule has 0 aliphatic carbocycles. The average molecular weight is 286 g/mol. The number of alkyl halides is 2. The topological polar surface area (TPSA) is 64.4 Å². The Kier molecular flexibility index (Phi) is 4.84. The molecule has 0 aromatic heterocycles. The molecule has 1 saturated heterocycles. The van der Waals surface area contributed by atoms with E-state index < -0.39 is 11.3 Å². The summed E-state index contributed by atoms with van der Waals surface area (Å²) < 4.78 is 31.4. The van der Waals surface area contributed by atoms with E-state index in [1.165, 1.54) is 12.1 Å². The number of benzene rings is 1. The Bertz CT molecular complexity index is 477. The zero-order chi connectivity index (χ0) is 14.5. The highest BCUT2D eigenvalue weighted by molar-refractivity contribution is 5.56. The normalized spacial score (nSPS) is 19.1. The van der Waals surface area contributed by atoms with Crippen molar-refractivity contribution in [1.82, 2.24) is 0 Å². The first-order valence-corrected chi connectivity index (χ1v) is 6.50. The molecular formula is C13H16F2N2O3. The standard InChI is InChI=1S/C13H16F2N2O3/c14-13(15)11-7-9(17(18)19)4-5-12(11)16-8-10-3-1-2-6-20-10/h4-5,7,10,13,16H,1-3,6,8H2. The van der Waals surface area contributed by atoms with Crippen molar-refractivity contribution in [2.24, 2.45) is 0 Å². The van der Waals surface area contributed by atoms with E-state index in [0.717, 1.165) is 25.3 Å². The van der Waals surface area contributed by atoms with E-state index >= 15 is 0 Å². The number of hydrogen-bond acceptors (Lipinski definition) is 4. The van der Waals surface area contributed by atoms with Crippen LogP contribution in [0.25, 0.3) is 0 Å². The van der Waals surface area contributed by atoms with Gasteiger partial charge in [-0.15, -0.1) is 0 Å². The van der Waals surface area contributed by atoms with Gasteiger partial charge in [-0.1, -0.05) is 0 Å². The minimum Gasteiger partial charge on any atom is -0.382 e. The lowest BCUT2D eigenvalue weighted by Gasteiger charge is -2.23. The average Bonchev–Trinajstić information content (AvgIpc) is 2.45. The zero-order valence-corrected chi connectivity index (χ0v) is 10.9. The van der Waals surface area contributed by atoms with Crippen LogP contribution >= 0.6 is 0 Å². The summed E-state index contributed by atoms with van der Waals surface area (Å²) in [6.45, 7) is 1.12. The van der Waals surface area contributed by atoms with E-state index in [1.807, 2.05) is 0 Å². The Hall–Kier alpha value is -1.76. The van der Waals surface area contributed by atoms with Crippen LogP contribution in [-0.4, -0.2) is 24.2 Å². The molecular weight excluding hydrogens is 270 g/mol. The van der Waals surface area contributed by atoms with Gasteiger partial charge in [0.05, 0.1) is 11.0 Å². The molecule has 1 atom stereocenters.